The Morgan fingerprint density at radius 1 is 1.12 bits per heavy atom. The quantitative estimate of drug-likeness (QED) is 0.632. The molecule has 0 spiro atoms. The molecule has 2 rings (SSSR count). The number of rotatable bonds is 6. The second-order valence-electron chi connectivity index (χ2n) is 7.57. The SMILES string of the molecule is CC1(C)CN(C2(CNC(=O)CNC(=O)CN)CCCCC2)CCO1. The lowest BCUT2D eigenvalue weighted by atomic mass is 9.79. The molecule has 1 heterocycles. The standard InChI is InChI=1S/C17H32N4O3/c1-16(2)13-21(8-9-24-16)17(6-4-3-5-7-17)12-20-15(23)11-19-14(22)10-18/h3-13,18H2,1-2H3,(H,19,22)(H,20,23). The summed E-state index contributed by atoms with van der Waals surface area (Å²) in [6.45, 7) is 7.28. The fourth-order valence-electron chi connectivity index (χ4n) is 3.81. The number of morpholine rings is 1. The van der Waals surface area contributed by atoms with Crippen molar-refractivity contribution in [3.05, 3.63) is 0 Å². The summed E-state index contributed by atoms with van der Waals surface area (Å²) in [7, 11) is 0. The monoisotopic (exact) mass is 340 g/mol. The maximum atomic E-state index is 12.0. The molecule has 1 aliphatic heterocycles. The first-order chi connectivity index (χ1) is 11.4. The molecular weight excluding hydrogens is 308 g/mol. The fraction of sp³-hybridized carbons (Fsp3) is 0.882. The van der Waals surface area contributed by atoms with Gasteiger partial charge in [-0.2, -0.15) is 0 Å². The van der Waals surface area contributed by atoms with Gasteiger partial charge in [0, 0.05) is 25.2 Å². The zero-order chi connectivity index (χ0) is 17.6. The highest BCUT2D eigenvalue weighted by atomic mass is 16.5. The van der Waals surface area contributed by atoms with E-state index in [2.05, 4.69) is 29.4 Å². The summed E-state index contributed by atoms with van der Waals surface area (Å²) in [4.78, 5) is 25.7. The van der Waals surface area contributed by atoms with E-state index in [1.165, 1.54) is 19.3 Å². The van der Waals surface area contributed by atoms with E-state index in [0.29, 0.717) is 6.54 Å². The van der Waals surface area contributed by atoms with E-state index in [-0.39, 0.29) is 36.0 Å². The molecule has 0 bridgehead atoms. The van der Waals surface area contributed by atoms with Crippen molar-refractivity contribution in [1.29, 1.82) is 0 Å². The van der Waals surface area contributed by atoms with Crippen LogP contribution in [0.4, 0.5) is 0 Å². The van der Waals surface area contributed by atoms with Crippen LogP contribution < -0.4 is 16.4 Å². The van der Waals surface area contributed by atoms with Gasteiger partial charge in [-0.15, -0.1) is 0 Å². The molecule has 7 heteroatoms. The van der Waals surface area contributed by atoms with Crippen molar-refractivity contribution in [2.24, 2.45) is 5.73 Å². The summed E-state index contributed by atoms with van der Waals surface area (Å²) in [5.74, 6) is -0.471. The van der Waals surface area contributed by atoms with Crippen molar-refractivity contribution >= 4 is 11.8 Å². The van der Waals surface area contributed by atoms with Crippen molar-refractivity contribution in [2.75, 3.05) is 39.3 Å². The molecular formula is C17H32N4O3. The van der Waals surface area contributed by atoms with Gasteiger partial charge in [0.15, 0.2) is 0 Å². The van der Waals surface area contributed by atoms with Gasteiger partial charge in [0.1, 0.15) is 0 Å². The molecule has 7 nitrogen and oxygen atoms in total. The van der Waals surface area contributed by atoms with Crippen LogP contribution in [-0.2, 0) is 14.3 Å². The van der Waals surface area contributed by atoms with Gasteiger partial charge in [-0.05, 0) is 26.7 Å². The molecule has 0 radical (unpaired) electrons. The maximum Gasteiger partial charge on any atom is 0.239 e. The zero-order valence-electron chi connectivity index (χ0n) is 15.0. The normalized spacial score (nSPS) is 23.5. The number of nitrogens with one attached hydrogen (secondary N) is 2. The van der Waals surface area contributed by atoms with Crippen LogP contribution in [0.15, 0.2) is 0 Å². The third-order valence-corrected chi connectivity index (χ3v) is 5.13. The van der Waals surface area contributed by atoms with Gasteiger partial charge in [0.2, 0.25) is 11.8 Å². The van der Waals surface area contributed by atoms with Crippen LogP contribution in [0.5, 0.6) is 0 Å². The van der Waals surface area contributed by atoms with E-state index in [4.69, 9.17) is 10.5 Å². The molecule has 4 N–H and O–H groups in total. The van der Waals surface area contributed by atoms with E-state index in [9.17, 15) is 9.59 Å². The third kappa shape index (κ3) is 5.16. The summed E-state index contributed by atoms with van der Waals surface area (Å²) < 4.78 is 5.85. The zero-order valence-corrected chi connectivity index (χ0v) is 15.0. The predicted octanol–water partition coefficient (Wildman–Crippen LogP) is -0.00880. The molecule has 0 atom stereocenters. The van der Waals surface area contributed by atoms with Gasteiger partial charge >= 0.3 is 0 Å². The van der Waals surface area contributed by atoms with Gasteiger partial charge in [0.05, 0.1) is 25.3 Å². The highest BCUT2D eigenvalue weighted by Gasteiger charge is 2.42. The van der Waals surface area contributed by atoms with Crippen molar-refractivity contribution in [3.63, 3.8) is 0 Å². The highest BCUT2D eigenvalue weighted by molar-refractivity contribution is 5.85. The lowest BCUT2D eigenvalue weighted by Crippen LogP contribution is -2.63. The van der Waals surface area contributed by atoms with Crippen LogP contribution in [0.3, 0.4) is 0 Å². The maximum absolute atomic E-state index is 12.0. The number of hydrogen-bond acceptors (Lipinski definition) is 5. The van der Waals surface area contributed by atoms with Gasteiger partial charge < -0.3 is 21.1 Å². The van der Waals surface area contributed by atoms with Crippen molar-refractivity contribution in [2.45, 2.75) is 57.1 Å². The molecule has 0 aromatic rings. The second-order valence-corrected chi connectivity index (χ2v) is 7.57. The molecule has 0 aromatic carbocycles. The topological polar surface area (TPSA) is 96.7 Å². The fourth-order valence-corrected chi connectivity index (χ4v) is 3.81. The number of ether oxygens (including phenoxy) is 1. The molecule has 2 aliphatic rings. The summed E-state index contributed by atoms with van der Waals surface area (Å²) in [6.07, 6.45) is 5.84. The average molecular weight is 340 g/mol. The lowest BCUT2D eigenvalue weighted by Gasteiger charge is -2.51. The molecule has 0 aromatic heterocycles. The van der Waals surface area contributed by atoms with Crippen molar-refractivity contribution in [1.82, 2.24) is 15.5 Å². The number of carbonyl (C=O) groups is 2. The number of hydrogen-bond donors (Lipinski definition) is 3. The lowest BCUT2D eigenvalue weighted by molar-refractivity contribution is -0.130. The van der Waals surface area contributed by atoms with Crippen LogP contribution >= 0.6 is 0 Å². The highest BCUT2D eigenvalue weighted by Crippen LogP contribution is 2.35. The molecule has 1 saturated heterocycles. The van der Waals surface area contributed by atoms with Crippen LogP contribution in [0.1, 0.15) is 46.0 Å². The summed E-state index contributed by atoms with van der Waals surface area (Å²) in [6, 6.07) is 0. The second kappa shape index (κ2) is 8.27. The Bertz CT molecular complexity index is 447. The average Bonchev–Trinajstić information content (AvgIpc) is 2.57. The Balaban J connectivity index is 1.95. The van der Waals surface area contributed by atoms with Crippen molar-refractivity contribution in [3.8, 4) is 0 Å². The Morgan fingerprint density at radius 3 is 2.46 bits per heavy atom. The minimum atomic E-state index is -0.313. The van der Waals surface area contributed by atoms with Gasteiger partial charge in [-0.3, -0.25) is 14.5 Å². The molecule has 0 unspecified atom stereocenters. The summed E-state index contributed by atoms with van der Waals surface area (Å²) in [5.41, 5.74) is 5.09. The van der Waals surface area contributed by atoms with E-state index < -0.39 is 0 Å². The molecule has 24 heavy (non-hydrogen) atoms. The number of nitrogens with two attached hydrogens (primary N) is 1. The first kappa shape index (κ1) is 19.1. The van der Waals surface area contributed by atoms with E-state index in [1.807, 2.05) is 0 Å². The van der Waals surface area contributed by atoms with Gasteiger partial charge in [0.25, 0.3) is 0 Å². The third-order valence-electron chi connectivity index (χ3n) is 5.13. The van der Waals surface area contributed by atoms with Crippen molar-refractivity contribution < 1.29 is 14.3 Å². The molecule has 2 amide bonds. The van der Waals surface area contributed by atoms with Gasteiger partial charge in [-0.1, -0.05) is 19.3 Å². The minimum Gasteiger partial charge on any atom is -0.373 e. The van der Waals surface area contributed by atoms with Crippen LogP contribution in [0.25, 0.3) is 0 Å². The summed E-state index contributed by atoms with van der Waals surface area (Å²) in [5, 5.41) is 5.54. The smallest absolute Gasteiger partial charge is 0.239 e. The molecule has 1 saturated carbocycles. The molecule has 138 valence electrons. The van der Waals surface area contributed by atoms with E-state index >= 15 is 0 Å². The number of amides is 2. The van der Waals surface area contributed by atoms with Crippen LogP contribution in [-0.4, -0.2) is 67.2 Å². The molecule has 1 aliphatic carbocycles. The number of carbonyl (C=O) groups excluding carboxylic acids is 2. The van der Waals surface area contributed by atoms with Crippen LogP contribution in [0, 0.1) is 0 Å². The van der Waals surface area contributed by atoms with Crippen LogP contribution in [0.2, 0.25) is 0 Å². The van der Waals surface area contributed by atoms with Gasteiger partial charge in [-0.25, -0.2) is 0 Å². The molecule has 2 fully saturated rings. The first-order valence-corrected chi connectivity index (χ1v) is 8.99. The first-order valence-electron chi connectivity index (χ1n) is 8.99. The summed E-state index contributed by atoms with van der Waals surface area (Å²) >= 11 is 0. The Labute approximate surface area is 144 Å². The Morgan fingerprint density at radius 2 is 1.83 bits per heavy atom. The Hall–Kier alpha value is -1.18. The minimum absolute atomic E-state index is 0.00678. The Kier molecular flexibility index (Phi) is 6.60. The van der Waals surface area contributed by atoms with E-state index in [0.717, 1.165) is 32.5 Å². The largest absolute Gasteiger partial charge is 0.373 e. The number of nitrogens with zero attached hydrogens (tertiary/aromatic N) is 1. The predicted molar refractivity (Wildman–Crippen MR) is 92.5 cm³/mol. The van der Waals surface area contributed by atoms with E-state index in [1.54, 1.807) is 0 Å².